The third kappa shape index (κ3) is 3.55. The highest BCUT2D eigenvalue weighted by Crippen LogP contribution is 2.35. The van der Waals surface area contributed by atoms with Crippen LogP contribution in [0, 0.1) is 6.92 Å². The molecule has 0 spiro atoms. The number of carbonyl (C=O) groups is 1. The molecule has 0 heterocycles. The van der Waals surface area contributed by atoms with Crippen LogP contribution in [0.25, 0.3) is 0 Å². The Hall–Kier alpha value is -2.29. The highest BCUT2D eigenvalue weighted by atomic mass is 16.3. The van der Waals surface area contributed by atoms with Crippen molar-refractivity contribution in [3.63, 3.8) is 0 Å². The van der Waals surface area contributed by atoms with Gasteiger partial charge in [0.25, 0.3) is 0 Å². The Balaban J connectivity index is 2.48. The molecule has 0 aliphatic carbocycles. The Morgan fingerprint density at radius 2 is 1.65 bits per heavy atom. The van der Waals surface area contributed by atoms with Gasteiger partial charge in [-0.1, -0.05) is 31.9 Å². The molecule has 0 aliphatic rings. The van der Waals surface area contributed by atoms with Gasteiger partial charge in [-0.05, 0) is 61.7 Å². The summed E-state index contributed by atoms with van der Waals surface area (Å²) in [5.74, 6) is 0.410. The van der Waals surface area contributed by atoms with Crippen molar-refractivity contribution < 1.29 is 15.0 Å². The number of aromatic hydroxyl groups is 2. The third-order valence-corrected chi connectivity index (χ3v) is 4.49. The minimum Gasteiger partial charge on any atom is -0.508 e. The zero-order chi connectivity index (χ0) is 17.0. The predicted octanol–water partition coefficient (Wildman–Crippen LogP) is 4.74. The molecular weight excluding hydrogens is 288 g/mol. The Kier molecular flexibility index (Phi) is 5.09. The summed E-state index contributed by atoms with van der Waals surface area (Å²) in [5, 5.41) is 19.1. The number of benzene rings is 2. The van der Waals surface area contributed by atoms with Gasteiger partial charge < -0.3 is 10.2 Å². The van der Waals surface area contributed by atoms with Crippen molar-refractivity contribution in [2.75, 3.05) is 0 Å². The molecule has 3 nitrogen and oxygen atoms in total. The lowest BCUT2D eigenvalue weighted by molar-refractivity contribution is 0.0885. The molecule has 2 aromatic rings. The second kappa shape index (κ2) is 6.86. The van der Waals surface area contributed by atoms with E-state index < -0.39 is 5.41 Å². The van der Waals surface area contributed by atoms with Gasteiger partial charge in [0.15, 0.2) is 5.78 Å². The number of phenols is 2. The fraction of sp³-hybridized carbons (Fsp3) is 0.350. The Bertz CT molecular complexity index is 689. The van der Waals surface area contributed by atoms with Crippen LogP contribution < -0.4 is 0 Å². The molecule has 0 fully saturated rings. The molecule has 2 rings (SSSR count). The number of hydrogen-bond acceptors (Lipinski definition) is 3. The van der Waals surface area contributed by atoms with Crippen molar-refractivity contribution in [3.05, 3.63) is 59.2 Å². The van der Waals surface area contributed by atoms with Crippen molar-refractivity contribution >= 4 is 5.78 Å². The van der Waals surface area contributed by atoms with Crippen LogP contribution in [-0.2, 0) is 5.41 Å². The van der Waals surface area contributed by atoms with Crippen LogP contribution in [0.2, 0.25) is 0 Å². The van der Waals surface area contributed by atoms with Crippen LogP contribution >= 0.6 is 0 Å². The van der Waals surface area contributed by atoms with Crippen molar-refractivity contribution in [2.45, 2.75) is 45.4 Å². The average Bonchev–Trinajstić information content (AvgIpc) is 2.52. The van der Waals surface area contributed by atoms with E-state index in [0.717, 1.165) is 30.4 Å². The number of aryl methyl sites for hydroxylation is 1. The summed E-state index contributed by atoms with van der Waals surface area (Å²) in [5.41, 5.74) is 1.66. The maximum atomic E-state index is 13.2. The van der Waals surface area contributed by atoms with Crippen LogP contribution in [-0.4, -0.2) is 16.0 Å². The molecular formula is C20H24O3. The second-order valence-electron chi connectivity index (χ2n) is 6.31. The number of rotatable bonds is 6. The molecule has 1 unspecified atom stereocenters. The van der Waals surface area contributed by atoms with Gasteiger partial charge in [-0.3, -0.25) is 4.79 Å². The van der Waals surface area contributed by atoms with E-state index in [1.54, 1.807) is 30.3 Å². The average molecular weight is 312 g/mol. The van der Waals surface area contributed by atoms with Crippen LogP contribution in [0.4, 0.5) is 0 Å². The molecule has 0 bridgehead atoms. The summed E-state index contributed by atoms with van der Waals surface area (Å²) in [6.07, 6.45) is 2.70. The number of Topliss-reactive ketones (excluding diaryl/α,β-unsaturated/α-hetero) is 1. The van der Waals surface area contributed by atoms with E-state index in [-0.39, 0.29) is 17.3 Å². The molecule has 3 heteroatoms. The van der Waals surface area contributed by atoms with Gasteiger partial charge in [0.05, 0.1) is 5.41 Å². The third-order valence-electron chi connectivity index (χ3n) is 4.49. The number of ketones is 1. The van der Waals surface area contributed by atoms with E-state index in [9.17, 15) is 15.0 Å². The molecule has 0 saturated heterocycles. The number of hydrogen-bond donors (Lipinski definition) is 2. The van der Waals surface area contributed by atoms with Gasteiger partial charge in [0.1, 0.15) is 11.5 Å². The number of phenolic OH excluding ortho intramolecular Hbond substituents is 2. The zero-order valence-corrected chi connectivity index (χ0v) is 14.0. The summed E-state index contributed by atoms with van der Waals surface area (Å²) in [4.78, 5) is 13.2. The van der Waals surface area contributed by atoms with Gasteiger partial charge in [-0.25, -0.2) is 0 Å². The highest BCUT2D eigenvalue weighted by Gasteiger charge is 2.35. The van der Waals surface area contributed by atoms with Crippen molar-refractivity contribution in [3.8, 4) is 11.5 Å². The van der Waals surface area contributed by atoms with Crippen molar-refractivity contribution in [2.24, 2.45) is 0 Å². The van der Waals surface area contributed by atoms with E-state index >= 15 is 0 Å². The van der Waals surface area contributed by atoms with Gasteiger partial charge in [0, 0.05) is 5.56 Å². The topological polar surface area (TPSA) is 57.5 Å². The van der Waals surface area contributed by atoms with E-state index in [0.29, 0.717) is 5.56 Å². The molecule has 2 N–H and O–H groups in total. The first kappa shape index (κ1) is 17.1. The minimum atomic E-state index is -0.647. The molecule has 0 saturated carbocycles. The molecule has 1 atom stereocenters. The smallest absolute Gasteiger partial charge is 0.173 e. The summed E-state index contributed by atoms with van der Waals surface area (Å²) in [6, 6.07) is 11.7. The Morgan fingerprint density at radius 3 is 2.22 bits per heavy atom. The quantitative estimate of drug-likeness (QED) is 0.758. The lowest BCUT2D eigenvalue weighted by Crippen LogP contribution is -2.33. The standard InChI is InChI=1S/C20H24O3/c1-4-5-12-20(3,15-6-8-16(21)9-7-15)19(23)18-11-10-17(22)13-14(18)2/h6-11,13,21-22H,4-5,12H2,1-3H3. The van der Waals surface area contributed by atoms with Crippen LogP contribution in [0.3, 0.4) is 0 Å². The first-order valence-electron chi connectivity index (χ1n) is 8.02. The number of carbonyl (C=O) groups excluding carboxylic acids is 1. The molecule has 0 amide bonds. The van der Waals surface area contributed by atoms with Crippen molar-refractivity contribution in [1.82, 2.24) is 0 Å². The van der Waals surface area contributed by atoms with E-state index in [4.69, 9.17) is 0 Å². The molecule has 0 radical (unpaired) electrons. The largest absolute Gasteiger partial charge is 0.508 e. The molecule has 122 valence electrons. The SMILES string of the molecule is CCCCC(C)(C(=O)c1ccc(O)cc1C)c1ccc(O)cc1. The fourth-order valence-corrected chi connectivity index (χ4v) is 2.95. The monoisotopic (exact) mass is 312 g/mol. The summed E-state index contributed by atoms with van der Waals surface area (Å²) in [6.45, 7) is 5.90. The van der Waals surface area contributed by atoms with E-state index in [2.05, 4.69) is 6.92 Å². The number of unbranched alkanes of at least 4 members (excludes halogenated alkanes) is 1. The maximum absolute atomic E-state index is 13.2. The zero-order valence-electron chi connectivity index (χ0n) is 14.0. The van der Waals surface area contributed by atoms with Gasteiger partial charge in [0.2, 0.25) is 0 Å². The normalized spacial score (nSPS) is 13.5. The Labute approximate surface area is 137 Å². The predicted molar refractivity (Wildman–Crippen MR) is 92.2 cm³/mol. The maximum Gasteiger partial charge on any atom is 0.173 e. The van der Waals surface area contributed by atoms with Gasteiger partial charge in [-0.2, -0.15) is 0 Å². The highest BCUT2D eigenvalue weighted by molar-refractivity contribution is 6.05. The lowest BCUT2D eigenvalue weighted by Gasteiger charge is -2.29. The first-order valence-corrected chi connectivity index (χ1v) is 8.02. The van der Waals surface area contributed by atoms with Gasteiger partial charge >= 0.3 is 0 Å². The van der Waals surface area contributed by atoms with Gasteiger partial charge in [-0.15, -0.1) is 0 Å². The minimum absolute atomic E-state index is 0.0501. The Morgan fingerprint density at radius 1 is 1.04 bits per heavy atom. The van der Waals surface area contributed by atoms with E-state index in [1.807, 2.05) is 26.0 Å². The summed E-state index contributed by atoms with van der Waals surface area (Å²) < 4.78 is 0. The fourth-order valence-electron chi connectivity index (χ4n) is 2.95. The summed E-state index contributed by atoms with van der Waals surface area (Å²) in [7, 11) is 0. The summed E-state index contributed by atoms with van der Waals surface area (Å²) >= 11 is 0. The second-order valence-corrected chi connectivity index (χ2v) is 6.31. The molecule has 2 aromatic carbocycles. The first-order chi connectivity index (χ1) is 10.9. The molecule has 0 aliphatic heterocycles. The molecule has 23 heavy (non-hydrogen) atoms. The van der Waals surface area contributed by atoms with Crippen molar-refractivity contribution in [1.29, 1.82) is 0 Å². The van der Waals surface area contributed by atoms with Crippen LogP contribution in [0.1, 0.15) is 54.6 Å². The van der Waals surface area contributed by atoms with E-state index in [1.165, 1.54) is 0 Å². The molecule has 0 aromatic heterocycles. The van der Waals surface area contributed by atoms with Crippen LogP contribution in [0.5, 0.6) is 11.5 Å². The van der Waals surface area contributed by atoms with Crippen LogP contribution in [0.15, 0.2) is 42.5 Å². The lowest BCUT2D eigenvalue weighted by atomic mass is 9.72.